The number of phenols is 1. The minimum Gasteiger partial charge on any atom is -0.507 e. The van der Waals surface area contributed by atoms with Crippen molar-refractivity contribution in [3.8, 4) is 16.9 Å². The standard InChI is InChI=1S/C18H11F2NO2S/c1-8-6-9(7-11(19)16(8)20)14-13(22)3-2-12-15(14)10-4-5-24-17(10)18(23)21-12/h2-7,22H,1H3,(H,21,23). The van der Waals surface area contributed by atoms with Crippen molar-refractivity contribution in [1.82, 2.24) is 4.98 Å². The average molecular weight is 343 g/mol. The zero-order chi connectivity index (χ0) is 17.0. The summed E-state index contributed by atoms with van der Waals surface area (Å²) in [7, 11) is 0. The molecule has 0 spiro atoms. The number of aromatic hydroxyl groups is 1. The lowest BCUT2D eigenvalue weighted by Crippen LogP contribution is -2.04. The van der Waals surface area contributed by atoms with Crippen LogP contribution in [0.2, 0.25) is 0 Å². The van der Waals surface area contributed by atoms with Gasteiger partial charge in [0.05, 0.1) is 0 Å². The third-order valence-corrected chi connectivity index (χ3v) is 4.98. The van der Waals surface area contributed by atoms with Crippen LogP contribution in [0.5, 0.6) is 5.75 Å². The van der Waals surface area contributed by atoms with Crippen LogP contribution < -0.4 is 5.56 Å². The number of fused-ring (bicyclic) bond motifs is 3. The molecule has 0 atom stereocenters. The number of hydrogen-bond donors (Lipinski definition) is 2. The lowest BCUT2D eigenvalue weighted by atomic mass is 9.96. The van der Waals surface area contributed by atoms with Crippen LogP contribution in [-0.2, 0) is 0 Å². The van der Waals surface area contributed by atoms with Gasteiger partial charge in [0, 0.05) is 21.9 Å². The van der Waals surface area contributed by atoms with Gasteiger partial charge in [0.1, 0.15) is 10.4 Å². The Hall–Kier alpha value is -2.73. The SMILES string of the molecule is Cc1cc(-c2c(O)ccc3[nH]c(=O)c4sccc4c23)cc(F)c1F. The highest BCUT2D eigenvalue weighted by Gasteiger charge is 2.17. The Morgan fingerprint density at radius 2 is 1.96 bits per heavy atom. The summed E-state index contributed by atoms with van der Waals surface area (Å²) in [4.78, 5) is 14.9. The second-order valence-corrected chi connectivity index (χ2v) is 6.50. The van der Waals surface area contributed by atoms with Crippen molar-refractivity contribution in [2.24, 2.45) is 0 Å². The first-order valence-electron chi connectivity index (χ1n) is 7.18. The van der Waals surface area contributed by atoms with Gasteiger partial charge in [-0.05, 0) is 53.8 Å². The predicted octanol–water partition coefficient (Wildman–Crippen LogP) is 4.70. The highest BCUT2D eigenvalue weighted by atomic mass is 32.1. The lowest BCUT2D eigenvalue weighted by Gasteiger charge is -2.12. The highest BCUT2D eigenvalue weighted by Crippen LogP contribution is 2.40. The smallest absolute Gasteiger partial charge is 0.266 e. The van der Waals surface area contributed by atoms with Gasteiger partial charge in [0.2, 0.25) is 0 Å². The maximum atomic E-state index is 13.9. The van der Waals surface area contributed by atoms with Crippen molar-refractivity contribution in [3.63, 3.8) is 0 Å². The normalized spacial score (nSPS) is 11.5. The molecule has 2 heterocycles. The van der Waals surface area contributed by atoms with Crippen molar-refractivity contribution in [2.75, 3.05) is 0 Å². The van der Waals surface area contributed by atoms with Crippen LogP contribution in [0.4, 0.5) is 8.78 Å². The van der Waals surface area contributed by atoms with E-state index in [1.54, 1.807) is 17.5 Å². The van der Waals surface area contributed by atoms with E-state index in [1.807, 2.05) is 0 Å². The molecule has 0 amide bonds. The summed E-state index contributed by atoms with van der Waals surface area (Å²) >= 11 is 1.29. The maximum Gasteiger partial charge on any atom is 0.266 e. The van der Waals surface area contributed by atoms with Crippen LogP contribution in [0.3, 0.4) is 0 Å². The number of H-pyrrole nitrogens is 1. The zero-order valence-electron chi connectivity index (χ0n) is 12.5. The zero-order valence-corrected chi connectivity index (χ0v) is 13.3. The maximum absolute atomic E-state index is 13.9. The first-order valence-corrected chi connectivity index (χ1v) is 8.06. The molecule has 3 nitrogen and oxygen atoms in total. The number of aromatic nitrogens is 1. The Morgan fingerprint density at radius 3 is 2.71 bits per heavy atom. The van der Waals surface area contributed by atoms with Gasteiger partial charge in [-0.25, -0.2) is 8.78 Å². The number of pyridine rings is 1. The van der Waals surface area contributed by atoms with E-state index in [0.29, 0.717) is 32.1 Å². The largest absolute Gasteiger partial charge is 0.507 e. The fourth-order valence-electron chi connectivity index (χ4n) is 3.00. The van der Waals surface area contributed by atoms with Gasteiger partial charge < -0.3 is 10.1 Å². The molecule has 4 aromatic rings. The van der Waals surface area contributed by atoms with Crippen molar-refractivity contribution in [3.05, 3.63) is 63.3 Å². The third kappa shape index (κ3) is 2.03. The second-order valence-electron chi connectivity index (χ2n) is 5.59. The van der Waals surface area contributed by atoms with E-state index in [1.165, 1.54) is 30.4 Å². The van der Waals surface area contributed by atoms with E-state index in [9.17, 15) is 18.7 Å². The van der Waals surface area contributed by atoms with Gasteiger partial charge in [-0.1, -0.05) is 0 Å². The molecule has 0 saturated carbocycles. The van der Waals surface area contributed by atoms with Crippen molar-refractivity contribution >= 4 is 32.3 Å². The number of aromatic amines is 1. The van der Waals surface area contributed by atoms with Gasteiger partial charge in [-0.3, -0.25) is 4.79 Å². The molecule has 0 aliphatic heterocycles. The summed E-state index contributed by atoms with van der Waals surface area (Å²) in [5.41, 5.74) is 1.18. The summed E-state index contributed by atoms with van der Waals surface area (Å²) in [5, 5.41) is 13.4. The number of nitrogens with one attached hydrogen (secondary N) is 1. The van der Waals surface area contributed by atoms with Crippen LogP contribution in [0.1, 0.15) is 5.56 Å². The summed E-state index contributed by atoms with van der Waals surface area (Å²) in [6.07, 6.45) is 0. The first-order chi connectivity index (χ1) is 11.5. The van der Waals surface area contributed by atoms with Gasteiger partial charge >= 0.3 is 0 Å². The molecule has 4 rings (SSSR count). The molecule has 0 saturated heterocycles. The lowest BCUT2D eigenvalue weighted by molar-refractivity contribution is 0.477. The molecule has 0 fully saturated rings. The number of rotatable bonds is 1. The molecular formula is C18H11F2NO2S. The fourth-order valence-corrected chi connectivity index (χ4v) is 3.80. The fraction of sp³-hybridized carbons (Fsp3) is 0.0556. The van der Waals surface area contributed by atoms with E-state index in [2.05, 4.69) is 4.98 Å². The van der Waals surface area contributed by atoms with Gasteiger partial charge in [0.25, 0.3) is 5.56 Å². The van der Waals surface area contributed by atoms with Gasteiger partial charge in [-0.15, -0.1) is 11.3 Å². The minimum atomic E-state index is -0.979. The van der Waals surface area contributed by atoms with E-state index in [-0.39, 0.29) is 16.9 Å². The molecule has 120 valence electrons. The number of thiophene rings is 1. The van der Waals surface area contributed by atoms with Gasteiger partial charge in [-0.2, -0.15) is 0 Å². The number of aryl methyl sites for hydroxylation is 1. The van der Waals surface area contributed by atoms with E-state index >= 15 is 0 Å². The van der Waals surface area contributed by atoms with Crippen molar-refractivity contribution in [2.45, 2.75) is 6.92 Å². The van der Waals surface area contributed by atoms with Crippen LogP contribution >= 0.6 is 11.3 Å². The molecule has 2 aromatic heterocycles. The van der Waals surface area contributed by atoms with Crippen molar-refractivity contribution < 1.29 is 13.9 Å². The summed E-state index contributed by atoms with van der Waals surface area (Å²) in [6, 6.07) is 7.35. The predicted molar refractivity (Wildman–Crippen MR) is 91.7 cm³/mol. The average Bonchev–Trinajstić information content (AvgIpc) is 3.03. The molecular weight excluding hydrogens is 332 g/mol. The summed E-state index contributed by atoms with van der Waals surface area (Å²) < 4.78 is 28.0. The highest BCUT2D eigenvalue weighted by molar-refractivity contribution is 7.17. The Morgan fingerprint density at radius 1 is 1.17 bits per heavy atom. The number of halogens is 2. The molecule has 2 aromatic carbocycles. The van der Waals surface area contributed by atoms with E-state index in [4.69, 9.17) is 0 Å². The van der Waals surface area contributed by atoms with Crippen molar-refractivity contribution in [1.29, 1.82) is 0 Å². The van der Waals surface area contributed by atoms with Crippen LogP contribution in [0.25, 0.3) is 32.1 Å². The quantitative estimate of drug-likeness (QED) is 0.526. The van der Waals surface area contributed by atoms with Gasteiger partial charge in [0.15, 0.2) is 11.6 Å². The van der Waals surface area contributed by atoms with Crippen LogP contribution in [0, 0.1) is 18.6 Å². The Bertz CT molecular complexity index is 1150. The third-order valence-electron chi connectivity index (χ3n) is 4.07. The molecule has 24 heavy (non-hydrogen) atoms. The summed E-state index contributed by atoms with van der Waals surface area (Å²) in [5.74, 6) is -1.95. The second kappa shape index (κ2) is 5.14. The van der Waals surface area contributed by atoms with Crippen LogP contribution in [-0.4, -0.2) is 10.1 Å². The topological polar surface area (TPSA) is 53.1 Å². The number of phenolic OH excluding ortho intramolecular Hbond substituents is 1. The van der Waals surface area contributed by atoms with E-state index in [0.717, 1.165) is 6.07 Å². The minimum absolute atomic E-state index is 0.0625. The monoisotopic (exact) mass is 343 g/mol. The Kier molecular flexibility index (Phi) is 3.18. The Balaban J connectivity index is 2.21. The summed E-state index contributed by atoms with van der Waals surface area (Å²) in [6.45, 7) is 1.46. The molecule has 0 aliphatic rings. The molecule has 0 bridgehead atoms. The molecule has 0 unspecified atom stereocenters. The van der Waals surface area contributed by atoms with E-state index < -0.39 is 11.6 Å². The molecule has 2 N–H and O–H groups in total. The number of benzene rings is 2. The van der Waals surface area contributed by atoms with Crippen LogP contribution in [0.15, 0.2) is 40.5 Å². The Labute approximate surface area is 138 Å². The number of hydrogen-bond acceptors (Lipinski definition) is 3. The molecule has 0 aliphatic carbocycles. The molecule has 6 heteroatoms. The first kappa shape index (κ1) is 14.8. The molecule has 0 radical (unpaired) electrons.